The lowest BCUT2D eigenvalue weighted by Crippen LogP contribution is -2.42. The number of pyridine rings is 1. The molecule has 3 aromatic carbocycles. The van der Waals surface area contributed by atoms with Gasteiger partial charge in [0.15, 0.2) is 23.1 Å². The van der Waals surface area contributed by atoms with E-state index >= 15 is 0 Å². The van der Waals surface area contributed by atoms with Crippen LogP contribution in [0.4, 0.5) is 14.7 Å². The van der Waals surface area contributed by atoms with Crippen molar-refractivity contribution in [3.8, 4) is 17.2 Å². The number of para-hydroxylation sites is 2. The molecule has 57 heavy (non-hydrogen) atoms. The van der Waals surface area contributed by atoms with Gasteiger partial charge in [-0.2, -0.15) is 8.42 Å². The maximum Gasteiger partial charge on any atom is 0.261 e. The number of methoxy groups -OCH3 is 3. The molecule has 16 heteroatoms. The number of anilines is 1. The van der Waals surface area contributed by atoms with Gasteiger partial charge < -0.3 is 33.9 Å². The Kier molecular flexibility index (Phi) is 12.9. The number of likely N-dealkylation sites (tertiary alicyclic amines) is 2. The maximum absolute atomic E-state index is 14.7. The van der Waals surface area contributed by atoms with E-state index in [1.54, 1.807) is 23.1 Å². The van der Waals surface area contributed by atoms with E-state index in [9.17, 15) is 22.0 Å². The van der Waals surface area contributed by atoms with Gasteiger partial charge in [-0.25, -0.2) is 13.8 Å². The lowest BCUT2D eigenvalue weighted by Gasteiger charge is -2.36. The summed E-state index contributed by atoms with van der Waals surface area (Å²) in [5, 5.41) is 3.74. The van der Waals surface area contributed by atoms with Crippen molar-refractivity contribution in [1.29, 1.82) is 0 Å². The van der Waals surface area contributed by atoms with Gasteiger partial charge in [0.2, 0.25) is 11.7 Å². The number of carbonyl (C=O) groups excluding carboxylic acids is 1. The van der Waals surface area contributed by atoms with E-state index in [-0.39, 0.29) is 11.9 Å². The van der Waals surface area contributed by atoms with Crippen molar-refractivity contribution in [2.24, 2.45) is 0 Å². The second kappa shape index (κ2) is 17.9. The minimum Gasteiger partial charge on any atom is -0.493 e. The fourth-order valence-electron chi connectivity index (χ4n) is 7.72. The molecule has 2 aromatic heterocycles. The Morgan fingerprint density at radius 3 is 2.23 bits per heavy atom. The monoisotopic (exact) mass is 806 g/mol. The first-order valence-corrected chi connectivity index (χ1v) is 20.5. The topological polar surface area (TPSA) is 148 Å². The highest BCUT2D eigenvalue weighted by Crippen LogP contribution is 2.42. The molecule has 5 aromatic rings. The van der Waals surface area contributed by atoms with Crippen LogP contribution in [0.2, 0.25) is 0 Å². The number of piperidine rings is 1. The predicted molar refractivity (Wildman–Crippen MR) is 213 cm³/mol. The number of amides is 1. The Morgan fingerprint density at radius 2 is 1.60 bits per heavy atom. The fourth-order valence-corrected chi connectivity index (χ4v) is 7.72. The van der Waals surface area contributed by atoms with E-state index in [0.717, 1.165) is 55.0 Å². The molecular formula is C41H48F2N6O7S. The van der Waals surface area contributed by atoms with Crippen LogP contribution in [-0.4, -0.2) is 110 Å². The minimum atomic E-state index is -3.67. The molecule has 4 heterocycles. The summed E-state index contributed by atoms with van der Waals surface area (Å²) >= 11 is 0. The van der Waals surface area contributed by atoms with Crippen LogP contribution in [0.3, 0.4) is 0 Å². The molecule has 13 nitrogen and oxygen atoms in total. The molecule has 2 aliphatic rings. The summed E-state index contributed by atoms with van der Waals surface area (Å²) in [6, 6.07) is 19.9. The van der Waals surface area contributed by atoms with Gasteiger partial charge >= 0.3 is 0 Å². The molecule has 2 N–H and O–H groups in total. The Bertz CT molecular complexity index is 2250. The third kappa shape index (κ3) is 9.98. The van der Waals surface area contributed by atoms with Crippen molar-refractivity contribution >= 4 is 33.0 Å². The number of ether oxygens (including phenoxy) is 3. The lowest BCUT2D eigenvalue weighted by atomic mass is 9.76. The van der Waals surface area contributed by atoms with Gasteiger partial charge in [0.25, 0.3) is 16.0 Å². The van der Waals surface area contributed by atoms with Crippen molar-refractivity contribution in [2.75, 3.05) is 65.6 Å². The molecule has 2 aliphatic heterocycles. The standard InChI is InChI=1S/C40H44F2N6O4.CH4O3S/c1-50-35-22-28(23-36(51-2)37(35)52-3)38(49)47-21-15-40(26-47,29-8-9-31(41)32(42)24-29)14-20-46-18-12-30(13-19-46)44-39-45-33-6-4-5-7-34(33)48(39)25-27-10-16-43-17-11-27;1-5(2,3)4/h4-11,16-17,22-24,30H,12-15,18-21,25-26H2,1-3H3,(H,44,45);1H3,(H,2,3,4). The van der Waals surface area contributed by atoms with Crippen molar-refractivity contribution in [3.63, 3.8) is 0 Å². The third-order valence-corrected chi connectivity index (χ3v) is 10.7. The first kappa shape index (κ1) is 41.3. The van der Waals surface area contributed by atoms with Crippen molar-refractivity contribution in [3.05, 3.63) is 107 Å². The van der Waals surface area contributed by atoms with E-state index in [4.69, 9.17) is 23.7 Å². The molecule has 0 radical (unpaired) electrons. The molecule has 0 bridgehead atoms. The molecule has 1 amide bonds. The number of nitrogens with zero attached hydrogens (tertiary/aromatic N) is 5. The zero-order chi connectivity index (χ0) is 40.7. The predicted octanol–water partition coefficient (Wildman–Crippen LogP) is 6.04. The number of aromatic nitrogens is 3. The summed E-state index contributed by atoms with van der Waals surface area (Å²) < 4.78 is 73.3. The molecular weight excluding hydrogens is 759 g/mol. The minimum absolute atomic E-state index is 0.189. The highest BCUT2D eigenvalue weighted by atomic mass is 32.2. The average molecular weight is 807 g/mol. The number of hydrogen-bond acceptors (Lipinski definition) is 10. The fraction of sp³-hybridized carbons (Fsp3) is 0.390. The second-order valence-corrected chi connectivity index (χ2v) is 15.9. The maximum atomic E-state index is 14.7. The zero-order valence-electron chi connectivity index (χ0n) is 32.5. The number of nitrogens with one attached hydrogen (secondary N) is 1. The number of halogens is 2. The largest absolute Gasteiger partial charge is 0.493 e. The second-order valence-electron chi connectivity index (χ2n) is 14.4. The number of fused-ring (bicyclic) bond motifs is 1. The van der Waals surface area contributed by atoms with Crippen LogP contribution < -0.4 is 19.5 Å². The average Bonchev–Trinajstić information content (AvgIpc) is 3.79. The first-order chi connectivity index (χ1) is 27.3. The normalized spacial score (nSPS) is 17.6. The van der Waals surface area contributed by atoms with Gasteiger partial charge in [0.1, 0.15) is 0 Å². The first-order valence-electron chi connectivity index (χ1n) is 18.6. The van der Waals surface area contributed by atoms with Gasteiger partial charge in [-0.1, -0.05) is 18.2 Å². The lowest BCUT2D eigenvalue weighted by molar-refractivity contribution is 0.0779. The highest BCUT2D eigenvalue weighted by Gasteiger charge is 2.42. The van der Waals surface area contributed by atoms with Crippen molar-refractivity contribution in [1.82, 2.24) is 24.3 Å². The molecule has 0 aliphatic carbocycles. The number of rotatable bonds is 12. The van der Waals surface area contributed by atoms with Crippen LogP contribution in [0, 0.1) is 11.6 Å². The van der Waals surface area contributed by atoms with E-state index < -0.39 is 27.2 Å². The van der Waals surface area contributed by atoms with E-state index in [2.05, 4.69) is 25.8 Å². The van der Waals surface area contributed by atoms with Gasteiger partial charge in [0, 0.05) is 55.6 Å². The van der Waals surface area contributed by atoms with Gasteiger partial charge in [-0.3, -0.25) is 14.3 Å². The summed E-state index contributed by atoms with van der Waals surface area (Å²) in [6.07, 6.45) is 7.52. The van der Waals surface area contributed by atoms with Gasteiger partial charge in [-0.05, 0) is 91.9 Å². The van der Waals surface area contributed by atoms with Gasteiger partial charge in [-0.15, -0.1) is 0 Å². The number of benzene rings is 3. The van der Waals surface area contributed by atoms with Gasteiger partial charge in [0.05, 0.1) is 45.2 Å². The summed E-state index contributed by atoms with van der Waals surface area (Å²) in [5.74, 6) is 0.0864. The van der Waals surface area contributed by atoms with E-state index in [1.807, 2.05) is 42.7 Å². The number of carbonyl (C=O) groups is 1. The molecule has 7 rings (SSSR count). The van der Waals surface area contributed by atoms with Crippen LogP contribution in [0.5, 0.6) is 17.2 Å². The summed E-state index contributed by atoms with van der Waals surface area (Å²) in [5.41, 5.74) is 3.75. The quantitative estimate of drug-likeness (QED) is 0.142. The Labute approximate surface area is 331 Å². The van der Waals surface area contributed by atoms with Crippen LogP contribution in [0.15, 0.2) is 79.1 Å². The van der Waals surface area contributed by atoms with E-state index in [1.165, 1.54) is 33.5 Å². The van der Waals surface area contributed by atoms with Crippen molar-refractivity contribution in [2.45, 2.75) is 43.7 Å². The van der Waals surface area contributed by atoms with Crippen molar-refractivity contribution < 1.29 is 40.8 Å². The Balaban J connectivity index is 0.00000103. The summed E-state index contributed by atoms with van der Waals surface area (Å²) in [4.78, 5) is 27.2. The molecule has 0 spiro atoms. The number of hydrogen-bond donors (Lipinski definition) is 2. The molecule has 1 unspecified atom stereocenters. The zero-order valence-corrected chi connectivity index (χ0v) is 33.3. The molecule has 2 saturated heterocycles. The molecule has 0 saturated carbocycles. The summed E-state index contributed by atoms with van der Waals surface area (Å²) in [6.45, 7) is 4.06. The Hall–Kier alpha value is -5.32. The van der Waals surface area contributed by atoms with Crippen LogP contribution in [0.25, 0.3) is 11.0 Å². The van der Waals surface area contributed by atoms with Crippen LogP contribution >= 0.6 is 0 Å². The third-order valence-electron chi connectivity index (χ3n) is 10.7. The smallest absolute Gasteiger partial charge is 0.261 e. The summed E-state index contributed by atoms with van der Waals surface area (Å²) in [7, 11) is 0.865. The molecule has 304 valence electrons. The number of imidazole rings is 1. The van der Waals surface area contributed by atoms with E-state index in [0.29, 0.717) is 67.1 Å². The van der Waals surface area contributed by atoms with Crippen LogP contribution in [-0.2, 0) is 22.1 Å². The molecule has 2 fully saturated rings. The molecule has 1 atom stereocenters. The SMILES string of the molecule is COc1cc(C(=O)N2CCC(CCN3CCC(Nc4nc5ccccc5n4Cc4ccncc4)CC3)(c3ccc(F)c(F)c3)C2)cc(OC)c1OC.CS(=O)(=O)O. The highest BCUT2D eigenvalue weighted by molar-refractivity contribution is 7.85. The van der Waals surface area contributed by atoms with Crippen LogP contribution in [0.1, 0.15) is 47.2 Å². The Morgan fingerprint density at radius 1 is 0.930 bits per heavy atom.